The lowest BCUT2D eigenvalue weighted by molar-refractivity contribution is 0.0595. The molecule has 0 unspecified atom stereocenters. The number of fused-ring (bicyclic) bond motifs is 1. The zero-order valence-electron chi connectivity index (χ0n) is 17.4. The number of sulfone groups is 1. The summed E-state index contributed by atoms with van der Waals surface area (Å²) in [5.41, 5.74) is 1.37. The van der Waals surface area contributed by atoms with Crippen molar-refractivity contribution in [1.82, 2.24) is 9.88 Å². The fraction of sp³-hybridized carbons (Fsp3) is 0.364. The van der Waals surface area contributed by atoms with Crippen LogP contribution in [0.3, 0.4) is 0 Å². The normalized spacial score (nSPS) is 15.2. The summed E-state index contributed by atoms with van der Waals surface area (Å²) in [6, 6.07) is 11.9. The van der Waals surface area contributed by atoms with Gasteiger partial charge in [0.05, 0.1) is 28.0 Å². The lowest BCUT2D eigenvalue weighted by Gasteiger charge is -2.31. The van der Waals surface area contributed by atoms with E-state index in [1.54, 1.807) is 31.1 Å². The third-order valence-corrected chi connectivity index (χ3v) is 8.07. The van der Waals surface area contributed by atoms with Crippen LogP contribution in [-0.2, 0) is 9.84 Å². The average Bonchev–Trinajstić information content (AvgIpc) is 3.20. The summed E-state index contributed by atoms with van der Waals surface area (Å²) >= 11 is 1.49. The summed E-state index contributed by atoms with van der Waals surface area (Å²) in [4.78, 5) is 19.3. The van der Waals surface area contributed by atoms with E-state index < -0.39 is 9.84 Å². The van der Waals surface area contributed by atoms with Crippen LogP contribution >= 0.6 is 11.3 Å². The van der Waals surface area contributed by atoms with Crippen LogP contribution in [0, 0.1) is 0 Å². The van der Waals surface area contributed by atoms with E-state index in [-0.39, 0.29) is 22.7 Å². The predicted molar refractivity (Wildman–Crippen MR) is 120 cm³/mol. The van der Waals surface area contributed by atoms with Gasteiger partial charge in [0.1, 0.15) is 11.9 Å². The van der Waals surface area contributed by atoms with Gasteiger partial charge < -0.3 is 14.4 Å². The van der Waals surface area contributed by atoms with E-state index in [1.165, 1.54) is 23.5 Å². The van der Waals surface area contributed by atoms with Gasteiger partial charge in [-0.05, 0) is 42.5 Å². The number of nitrogens with zero attached hydrogens (tertiary/aromatic N) is 2. The van der Waals surface area contributed by atoms with Gasteiger partial charge in [-0.15, -0.1) is 0 Å². The number of thiazole rings is 1. The van der Waals surface area contributed by atoms with Crippen molar-refractivity contribution < 1.29 is 22.7 Å². The van der Waals surface area contributed by atoms with E-state index in [0.717, 1.165) is 16.0 Å². The largest absolute Gasteiger partial charge is 0.497 e. The van der Waals surface area contributed by atoms with E-state index in [0.29, 0.717) is 36.7 Å². The molecule has 4 rings (SSSR count). The molecule has 0 spiro atoms. The summed E-state index contributed by atoms with van der Waals surface area (Å²) in [5, 5.41) is 0.626. The third kappa shape index (κ3) is 4.67. The summed E-state index contributed by atoms with van der Waals surface area (Å²) in [6.45, 7) is 2.76. The molecule has 0 radical (unpaired) electrons. The molecule has 1 amide bonds. The van der Waals surface area contributed by atoms with Gasteiger partial charge in [-0.1, -0.05) is 18.3 Å². The van der Waals surface area contributed by atoms with Crippen LogP contribution in [0.1, 0.15) is 30.1 Å². The van der Waals surface area contributed by atoms with Crippen LogP contribution in [0.15, 0.2) is 47.4 Å². The number of piperidine rings is 1. The molecule has 3 aromatic rings. The zero-order valence-corrected chi connectivity index (χ0v) is 19.0. The molecule has 9 heteroatoms. The standard InChI is InChI=1S/C22H24N2O5S2/c1-3-31(26,27)18-7-4-15(5-8-18)21(25)24-12-10-16(11-13-24)29-22-23-19-9-6-17(28-2)14-20(19)30-22/h4-9,14,16H,3,10-13H2,1-2H3. The van der Waals surface area contributed by atoms with Crippen molar-refractivity contribution in [2.75, 3.05) is 26.0 Å². The number of likely N-dealkylation sites (tertiary alicyclic amines) is 1. The van der Waals surface area contributed by atoms with Crippen LogP contribution < -0.4 is 9.47 Å². The Labute approximate surface area is 185 Å². The lowest BCUT2D eigenvalue weighted by Crippen LogP contribution is -2.41. The Kier molecular flexibility index (Phi) is 6.15. The van der Waals surface area contributed by atoms with Crippen molar-refractivity contribution in [3.8, 4) is 10.9 Å². The number of benzene rings is 2. The van der Waals surface area contributed by atoms with Crippen molar-refractivity contribution in [1.29, 1.82) is 0 Å². The Morgan fingerprint density at radius 1 is 1.16 bits per heavy atom. The van der Waals surface area contributed by atoms with E-state index in [2.05, 4.69) is 4.98 Å². The van der Waals surface area contributed by atoms with Gasteiger partial charge in [-0.2, -0.15) is 0 Å². The number of hydrogen-bond donors (Lipinski definition) is 0. The van der Waals surface area contributed by atoms with Gasteiger partial charge in [0, 0.05) is 31.5 Å². The number of methoxy groups -OCH3 is 1. The van der Waals surface area contributed by atoms with Crippen LogP contribution in [0.2, 0.25) is 0 Å². The smallest absolute Gasteiger partial charge is 0.274 e. The molecule has 0 N–H and O–H groups in total. The average molecular weight is 461 g/mol. The molecular weight excluding hydrogens is 436 g/mol. The summed E-state index contributed by atoms with van der Waals surface area (Å²) in [6.07, 6.45) is 1.43. The van der Waals surface area contributed by atoms with Gasteiger partial charge in [0.15, 0.2) is 9.84 Å². The van der Waals surface area contributed by atoms with Crippen LogP contribution in [-0.4, -0.2) is 56.3 Å². The van der Waals surface area contributed by atoms with Crippen LogP contribution in [0.4, 0.5) is 0 Å². The number of carbonyl (C=O) groups excluding carboxylic acids is 1. The van der Waals surface area contributed by atoms with Gasteiger partial charge in [-0.25, -0.2) is 13.4 Å². The minimum Gasteiger partial charge on any atom is -0.497 e. The van der Waals surface area contributed by atoms with Gasteiger partial charge in [0.25, 0.3) is 11.1 Å². The Morgan fingerprint density at radius 3 is 2.52 bits per heavy atom. The maximum atomic E-state index is 12.8. The van der Waals surface area contributed by atoms with Crippen LogP contribution in [0.25, 0.3) is 10.2 Å². The van der Waals surface area contributed by atoms with Crippen molar-refractivity contribution in [3.63, 3.8) is 0 Å². The highest BCUT2D eigenvalue weighted by molar-refractivity contribution is 7.91. The van der Waals surface area contributed by atoms with Gasteiger partial charge >= 0.3 is 0 Å². The topological polar surface area (TPSA) is 85.8 Å². The predicted octanol–water partition coefficient (Wildman–Crippen LogP) is 3.78. The molecule has 164 valence electrons. The Morgan fingerprint density at radius 2 is 1.87 bits per heavy atom. The highest BCUT2D eigenvalue weighted by Crippen LogP contribution is 2.32. The van der Waals surface area contributed by atoms with E-state index in [9.17, 15) is 13.2 Å². The van der Waals surface area contributed by atoms with E-state index >= 15 is 0 Å². The summed E-state index contributed by atoms with van der Waals surface area (Å²) < 4.78 is 36.2. The van der Waals surface area contributed by atoms with E-state index in [4.69, 9.17) is 9.47 Å². The molecule has 2 heterocycles. The maximum absolute atomic E-state index is 12.8. The summed E-state index contributed by atoms with van der Waals surface area (Å²) in [7, 11) is -1.63. The first-order valence-corrected chi connectivity index (χ1v) is 12.6. The first-order chi connectivity index (χ1) is 14.9. The molecule has 7 nitrogen and oxygen atoms in total. The molecule has 1 saturated heterocycles. The Balaban J connectivity index is 1.35. The quantitative estimate of drug-likeness (QED) is 0.556. The minimum atomic E-state index is -3.27. The van der Waals surface area contributed by atoms with Gasteiger partial charge in [0.2, 0.25) is 0 Å². The summed E-state index contributed by atoms with van der Waals surface area (Å²) in [5.74, 6) is 0.733. The number of aromatic nitrogens is 1. The Hall–Kier alpha value is -2.65. The second-order valence-electron chi connectivity index (χ2n) is 7.35. The van der Waals surface area contributed by atoms with Gasteiger partial charge in [-0.3, -0.25) is 4.79 Å². The molecular formula is C22H24N2O5S2. The van der Waals surface area contributed by atoms with Crippen LogP contribution in [0.5, 0.6) is 10.9 Å². The molecule has 0 aliphatic carbocycles. The molecule has 2 aromatic carbocycles. The maximum Gasteiger partial charge on any atom is 0.274 e. The van der Waals surface area contributed by atoms with E-state index in [1.807, 2.05) is 18.2 Å². The number of rotatable bonds is 6. The molecule has 31 heavy (non-hydrogen) atoms. The molecule has 0 atom stereocenters. The first-order valence-electron chi connectivity index (χ1n) is 10.1. The molecule has 1 aliphatic heterocycles. The molecule has 0 saturated carbocycles. The van der Waals surface area contributed by atoms with Crippen molar-refractivity contribution in [2.24, 2.45) is 0 Å². The zero-order chi connectivity index (χ0) is 22.0. The lowest BCUT2D eigenvalue weighted by atomic mass is 10.1. The fourth-order valence-electron chi connectivity index (χ4n) is 3.53. The highest BCUT2D eigenvalue weighted by atomic mass is 32.2. The monoisotopic (exact) mass is 460 g/mol. The van der Waals surface area contributed by atoms with Crippen molar-refractivity contribution in [3.05, 3.63) is 48.0 Å². The third-order valence-electron chi connectivity index (χ3n) is 5.41. The number of hydrogen-bond acceptors (Lipinski definition) is 7. The second-order valence-corrected chi connectivity index (χ2v) is 10.6. The number of carbonyl (C=O) groups is 1. The first kappa shape index (κ1) is 21.6. The second kappa shape index (κ2) is 8.84. The minimum absolute atomic E-state index is 0.00332. The molecule has 1 aliphatic rings. The SMILES string of the molecule is CCS(=O)(=O)c1ccc(C(=O)N2CCC(Oc3nc4ccc(OC)cc4s3)CC2)cc1. The number of amides is 1. The molecule has 1 aromatic heterocycles. The molecule has 1 fully saturated rings. The van der Waals surface area contributed by atoms with Crippen molar-refractivity contribution in [2.45, 2.75) is 30.8 Å². The number of ether oxygens (including phenoxy) is 2. The Bertz CT molecular complexity index is 1180. The fourth-order valence-corrected chi connectivity index (χ4v) is 5.33. The highest BCUT2D eigenvalue weighted by Gasteiger charge is 2.26. The molecule has 0 bridgehead atoms. The van der Waals surface area contributed by atoms with Crippen molar-refractivity contribution >= 4 is 37.3 Å².